The van der Waals surface area contributed by atoms with Gasteiger partial charge in [-0.1, -0.05) is 25.7 Å². The molecular weight excluding hydrogens is 178 g/mol. The lowest BCUT2D eigenvalue weighted by Gasteiger charge is -2.17. The van der Waals surface area contributed by atoms with Gasteiger partial charge in [0.25, 0.3) is 0 Å². The Morgan fingerprint density at radius 3 is 1.79 bits per heavy atom. The summed E-state index contributed by atoms with van der Waals surface area (Å²) in [6.07, 6.45) is 6.48. The highest BCUT2D eigenvalue weighted by Gasteiger charge is 2.44. The van der Waals surface area contributed by atoms with E-state index in [-0.39, 0.29) is 23.7 Å². The first-order valence-electron chi connectivity index (χ1n) is 5.53. The summed E-state index contributed by atoms with van der Waals surface area (Å²) < 4.78 is 0. The molecule has 2 aliphatic rings. The van der Waals surface area contributed by atoms with E-state index >= 15 is 0 Å². The van der Waals surface area contributed by atoms with Crippen molar-refractivity contribution in [3.05, 3.63) is 0 Å². The van der Waals surface area contributed by atoms with Gasteiger partial charge in [-0.2, -0.15) is 0 Å². The van der Waals surface area contributed by atoms with Crippen molar-refractivity contribution in [3.63, 3.8) is 0 Å². The van der Waals surface area contributed by atoms with Crippen LogP contribution in [-0.4, -0.2) is 23.8 Å². The third kappa shape index (κ3) is 1.45. The van der Waals surface area contributed by atoms with Crippen LogP contribution in [0.3, 0.4) is 0 Å². The Balaban J connectivity index is 2.17. The molecule has 1 saturated heterocycles. The van der Waals surface area contributed by atoms with Crippen molar-refractivity contribution in [1.29, 1.82) is 0 Å². The van der Waals surface area contributed by atoms with Crippen LogP contribution in [0.5, 0.6) is 0 Å². The van der Waals surface area contributed by atoms with Crippen LogP contribution in [-0.2, 0) is 9.59 Å². The van der Waals surface area contributed by atoms with Gasteiger partial charge in [0.1, 0.15) is 0 Å². The summed E-state index contributed by atoms with van der Waals surface area (Å²) in [4.78, 5) is 24.8. The third-order valence-electron chi connectivity index (χ3n) is 3.56. The zero-order chi connectivity index (χ0) is 10.1. The summed E-state index contributed by atoms with van der Waals surface area (Å²) in [5.41, 5.74) is 0. The maximum absolute atomic E-state index is 11.7. The van der Waals surface area contributed by atoms with Gasteiger partial charge in [-0.3, -0.25) is 14.5 Å². The second-order valence-corrected chi connectivity index (χ2v) is 4.44. The Bertz CT molecular complexity index is 236. The Hall–Kier alpha value is -0.860. The Kier molecular flexibility index (Phi) is 2.57. The summed E-state index contributed by atoms with van der Waals surface area (Å²) in [5, 5.41) is 0. The topological polar surface area (TPSA) is 37.4 Å². The first-order chi connectivity index (χ1) is 6.72. The van der Waals surface area contributed by atoms with E-state index in [9.17, 15) is 9.59 Å². The Labute approximate surface area is 84.5 Å². The lowest BCUT2D eigenvalue weighted by atomic mass is 9.83. The van der Waals surface area contributed by atoms with E-state index in [1.807, 2.05) is 0 Å². The Morgan fingerprint density at radius 2 is 1.36 bits per heavy atom. The van der Waals surface area contributed by atoms with Gasteiger partial charge in [0.2, 0.25) is 11.8 Å². The van der Waals surface area contributed by atoms with E-state index < -0.39 is 0 Å². The number of imide groups is 1. The normalized spacial score (nSPS) is 33.9. The first kappa shape index (κ1) is 9.69. The number of likely N-dealkylation sites (tertiary alicyclic amines) is 1. The highest BCUT2D eigenvalue weighted by Crippen LogP contribution is 2.35. The van der Waals surface area contributed by atoms with E-state index in [0.29, 0.717) is 0 Å². The molecule has 0 radical (unpaired) electrons. The maximum Gasteiger partial charge on any atom is 0.232 e. The monoisotopic (exact) mass is 195 g/mol. The van der Waals surface area contributed by atoms with E-state index in [1.165, 1.54) is 17.7 Å². The standard InChI is InChI=1S/C11H17NO2/c1-12-10(13)8-6-4-2-3-5-7-9(8)11(12)14/h8-9H,2-7H2,1H3/t8-,9?/m1/s1. The molecule has 3 heteroatoms. The molecule has 0 bridgehead atoms. The van der Waals surface area contributed by atoms with Crippen molar-refractivity contribution in [2.24, 2.45) is 11.8 Å². The fourth-order valence-corrected chi connectivity index (χ4v) is 2.68. The van der Waals surface area contributed by atoms with E-state index in [1.54, 1.807) is 7.05 Å². The molecule has 1 unspecified atom stereocenters. The van der Waals surface area contributed by atoms with E-state index in [4.69, 9.17) is 0 Å². The van der Waals surface area contributed by atoms with Crippen molar-refractivity contribution in [1.82, 2.24) is 4.90 Å². The molecule has 0 spiro atoms. The Morgan fingerprint density at radius 1 is 0.929 bits per heavy atom. The molecule has 1 aliphatic heterocycles. The van der Waals surface area contributed by atoms with Crippen LogP contribution in [0.2, 0.25) is 0 Å². The molecule has 0 N–H and O–H groups in total. The zero-order valence-corrected chi connectivity index (χ0v) is 8.66. The van der Waals surface area contributed by atoms with Crippen LogP contribution in [0.25, 0.3) is 0 Å². The lowest BCUT2D eigenvalue weighted by molar-refractivity contribution is -0.138. The number of hydrogen-bond donors (Lipinski definition) is 0. The van der Waals surface area contributed by atoms with Crippen LogP contribution >= 0.6 is 0 Å². The average Bonchev–Trinajstić information content (AvgIpc) is 2.31. The van der Waals surface area contributed by atoms with Crippen LogP contribution in [0.15, 0.2) is 0 Å². The molecule has 0 aromatic carbocycles. The second kappa shape index (κ2) is 3.71. The van der Waals surface area contributed by atoms with Gasteiger partial charge < -0.3 is 0 Å². The van der Waals surface area contributed by atoms with Gasteiger partial charge in [0.15, 0.2) is 0 Å². The number of carbonyl (C=O) groups excluding carboxylic acids is 2. The molecular formula is C11H17NO2. The number of fused-ring (bicyclic) bond motifs is 1. The van der Waals surface area contributed by atoms with E-state index in [0.717, 1.165) is 25.7 Å². The van der Waals surface area contributed by atoms with Gasteiger partial charge in [-0.05, 0) is 12.8 Å². The van der Waals surface area contributed by atoms with Crippen LogP contribution < -0.4 is 0 Å². The van der Waals surface area contributed by atoms with Gasteiger partial charge >= 0.3 is 0 Å². The summed E-state index contributed by atoms with van der Waals surface area (Å²) in [6, 6.07) is 0. The fraction of sp³-hybridized carbons (Fsp3) is 0.818. The molecule has 1 heterocycles. The second-order valence-electron chi connectivity index (χ2n) is 4.44. The largest absolute Gasteiger partial charge is 0.285 e. The number of hydrogen-bond acceptors (Lipinski definition) is 2. The minimum atomic E-state index is 0.00722. The molecule has 2 amide bonds. The van der Waals surface area contributed by atoms with Crippen molar-refractivity contribution < 1.29 is 9.59 Å². The van der Waals surface area contributed by atoms with Crippen molar-refractivity contribution >= 4 is 11.8 Å². The molecule has 78 valence electrons. The van der Waals surface area contributed by atoms with Gasteiger partial charge in [0.05, 0.1) is 11.8 Å². The number of carbonyl (C=O) groups is 2. The molecule has 0 aromatic heterocycles. The highest BCUT2D eigenvalue weighted by atomic mass is 16.2. The summed E-state index contributed by atoms with van der Waals surface area (Å²) in [5.74, 6) is 0.129. The predicted octanol–water partition coefficient (Wildman–Crippen LogP) is 1.57. The van der Waals surface area contributed by atoms with Crippen molar-refractivity contribution in [2.75, 3.05) is 7.05 Å². The molecule has 1 saturated carbocycles. The molecule has 2 rings (SSSR count). The smallest absolute Gasteiger partial charge is 0.232 e. The molecule has 2 atom stereocenters. The molecule has 2 fully saturated rings. The number of amides is 2. The van der Waals surface area contributed by atoms with Crippen LogP contribution in [0.1, 0.15) is 38.5 Å². The quantitative estimate of drug-likeness (QED) is 0.550. The highest BCUT2D eigenvalue weighted by molar-refractivity contribution is 6.04. The zero-order valence-electron chi connectivity index (χ0n) is 8.66. The third-order valence-corrected chi connectivity index (χ3v) is 3.56. The predicted molar refractivity (Wildman–Crippen MR) is 52.5 cm³/mol. The fourth-order valence-electron chi connectivity index (χ4n) is 2.68. The number of rotatable bonds is 0. The lowest BCUT2D eigenvalue weighted by Crippen LogP contribution is -2.26. The van der Waals surface area contributed by atoms with E-state index in [2.05, 4.69) is 0 Å². The summed E-state index contributed by atoms with van der Waals surface area (Å²) >= 11 is 0. The number of nitrogens with zero attached hydrogens (tertiary/aromatic N) is 1. The molecule has 1 aliphatic carbocycles. The molecule has 0 aromatic rings. The first-order valence-corrected chi connectivity index (χ1v) is 5.53. The van der Waals surface area contributed by atoms with Crippen molar-refractivity contribution in [2.45, 2.75) is 38.5 Å². The van der Waals surface area contributed by atoms with Crippen LogP contribution in [0.4, 0.5) is 0 Å². The van der Waals surface area contributed by atoms with Gasteiger partial charge in [0, 0.05) is 7.05 Å². The van der Waals surface area contributed by atoms with Crippen molar-refractivity contribution in [3.8, 4) is 0 Å². The maximum atomic E-state index is 11.7. The minimum Gasteiger partial charge on any atom is -0.285 e. The minimum absolute atomic E-state index is 0.00722. The van der Waals surface area contributed by atoms with Gasteiger partial charge in [-0.25, -0.2) is 0 Å². The SMILES string of the molecule is CN1C(=O)C2CCCCCC[C@H]2C1=O. The average molecular weight is 195 g/mol. The summed E-state index contributed by atoms with van der Waals surface area (Å²) in [7, 11) is 1.62. The molecule has 3 nitrogen and oxygen atoms in total. The van der Waals surface area contributed by atoms with Crippen LogP contribution in [0, 0.1) is 11.8 Å². The molecule has 14 heavy (non-hydrogen) atoms. The summed E-state index contributed by atoms with van der Waals surface area (Å²) in [6.45, 7) is 0. The van der Waals surface area contributed by atoms with Gasteiger partial charge in [-0.15, -0.1) is 0 Å².